The van der Waals surface area contributed by atoms with Crippen molar-refractivity contribution in [3.8, 4) is 0 Å². The van der Waals surface area contributed by atoms with E-state index in [-0.39, 0.29) is 0 Å². The fourth-order valence-corrected chi connectivity index (χ4v) is 2.13. The van der Waals surface area contributed by atoms with E-state index < -0.39 is 0 Å². The highest BCUT2D eigenvalue weighted by atomic mass is 79.9. The van der Waals surface area contributed by atoms with E-state index in [1.165, 1.54) is 11.1 Å². The van der Waals surface area contributed by atoms with Crippen LogP contribution in [0.15, 0.2) is 45.5 Å². The van der Waals surface area contributed by atoms with Crippen molar-refractivity contribution in [2.45, 2.75) is 32.9 Å². The van der Waals surface area contributed by atoms with Crippen molar-refractivity contribution in [3.63, 3.8) is 0 Å². The van der Waals surface area contributed by atoms with Crippen molar-refractivity contribution in [2.24, 2.45) is 0 Å². The van der Waals surface area contributed by atoms with Gasteiger partial charge in [0.25, 0.3) is 0 Å². The Morgan fingerprint density at radius 2 is 1.83 bits per heavy atom. The first-order valence-corrected chi connectivity index (χ1v) is 6.97. The van der Waals surface area contributed by atoms with E-state index in [9.17, 15) is 0 Å². The Bertz CT molecular complexity index is 487. The normalized spacial score (nSPS) is 11.1. The van der Waals surface area contributed by atoms with Crippen LogP contribution in [0.25, 0.3) is 0 Å². The predicted octanol–water partition coefficient (Wildman–Crippen LogP) is 4.46. The Morgan fingerprint density at radius 3 is 2.39 bits per heavy atom. The zero-order valence-corrected chi connectivity index (χ0v) is 12.3. The molecule has 0 aliphatic carbocycles. The molecule has 0 saturated heterocycles. The fraction of sp³-hybridized carbons (Fsp3) is 0.333. The molecule has 1 N–H and O–H groups in total. The van der Waals surface area contributed by atoms with E-state index in [4.69, 9.17) is 4.42 Å². The molecule has 0 aliphatic rings. The zero-order chi connectivity index (χ0) is 13.0. The minimum Gasteiger partial charge on any atom is -0.467 e. The zero-order valence-electron chi connectivity index (χ0n) is 10.7. The van der Waals surface area contributed by atoms with Crippen LogP contribution >= 0.6 is 15.9 Å². The van der Waals surface area contributed by atoms with Crippen LogP contribution in [0, 0.1) is 0 Å². The van der Waals surface area contributed by atoms with Gasteiger partial charge < -0.3 is 9.73 Å². The van der Waals surface area contributed by atoms with Crippen molar-refractivity contribution >= 4 is 15.9 Å². The van der Waals surface area contributed by atoms with Crippen LogP contribution in [0.3, 0.4) is 0 Å². The van der Waals surface area contributed by atoms with Crippen LogP contribution in [-0.4, -0.2) is 0 Å². The number of rotatable bonds is 5. The highest BCUT2D eigenvalue weighted by Crippen LogP contribution is 2.17. The molecular weight excluding hydrogens is 290 g/mol. The van der Waals surface area contributed by atoms with Gasteiger partial charge in [-0.25, -0.2) is 0 Å². The van der Waals surface area contributed by atoms with E-state index in [1.54, 1.807) is 6.26 Å². The van der Waals surface area contributed by atoms with Gasteiger partial charge in [-0.2, -0.15) is 0 Å². The average Bonchev–Trinajstić information content (AvgIpc) is 2.76. The Balaban J connectivity index is 1.85. The standard InChI is InChI=1S/C15H18BrNO/c1-11(2)13-5-3-12(4-6-13)9-17-10-15-14(16)7-8-18-15/h3-8,11,17H,9-10H2,1-2H3. The third-order valence-electron chi connectivity index (χ3n) is 2.95. The van der Waals surface area contributed by atoms with E-state index in [1.807, 2.05) is 6.07 Å². The van der Waals surface area contributed by atoms with Gasteiger partial charge in [0.05, 0.1) is 17.3 Å². The molecule has 0 unspecified atom stereocenters. The molecule has 0 radical (unpaired) electrons. The summed E-state index contributed by atoms with van der Waals surface area (Å²) in [4.78, 5) is 0. The summed E-state index contributed by atoms with van der Waals surface area (Å²) in [6.45, 7) is 6.01. The van der Waals surface area contributed by atoms with Crippen molar-refractivity contribution in [1.82, 2.24) is 5.32 Å². The first-order chi connectivity index (χ1) is 8.66. The summed E-state index contributed by atoms with van der Waals surface area (Å²) in [5, 5.41) is 3.37. The molecule has 0 fully saturated rings. The number of benzene rings is 1. The lowest BCUT2D eigenvalue weighted by Gasteiger charge is -2.07. The van der Waals surface area contributed by atoms with Crippen molar-refractivity contribution in [1.29, 1.82) is 0 Å². The highest BCUT2D eigenvalue weighted by molar-refractivity contribution is 9.10. The first-order valence-electron chi connectivity index (χ1n) is 6.18. The van der Waals surface area contributed by atoms with Crippen LogP contribution in [0.2, 0.25) is 0 Å². The van der Waals surface area contributed by atoms with Crippen LogP contribution in [-0.2, 0) is 13.1 Å². The molecule has 0 aliphatic heterocycles. The minimum absolute atomic E-state index is 0.589. The number of halogens is 1. The van der Waals surface area contributed by atoms with Crippen molar-refractivity contribution in [2.75, 3.05) is 0 Å². The van der Waals surface area contributed by atoms with Gasteiger partial charge in [-0.3, -0.25) is 0 Å². The number of nitrogens with one attached hydrogen (secondary N) is 1. The lowest BCUT2D eigenvalue weighted by Crippen LogP contribution is -2.12. The Morgan fingerprint density at radius 1 is 1.11 bits per heavy atom. The predicted molar refractivity (Wildman–Crippen MR) is 77.5 cm³/mol. The minimum atomic E-state index is 0.589. The fourth-order valence-electron chi connectivity index (χ4n) is 1.79. The Hall–Kier alpha value is -1.06. The molecule has 18 heavy (non-hydrogen) atoms. The molecule has 0 spiro atoms. The smallest absolute Gasteiger partial charge is 0.131 e. The van der Waals surface area contributed by atoms with E-state index in [2.05, 4.69) is 59.4 Å². The van der Waals surface area contributed by atoms with Gasteiger partial charge >= 0.3 is 0 Å². The molecule has 1 heterocycles. The molecule has 2 rings (SSSR count). The summed E-state index contributed by atoms with van der Waals surface area (Å²) in [7, 11) is 0. The Labute approximate surface area is 117 Å². The SMILES string of the molecule is CC(C)c1ccc(CNCc2occc2Br)cc1. The maximum atomic E-state index is 5.34. The van der Waals surface area contributed by atoms with Crippen LogP contribution in [0.4, 0.5) is 0 Å². The van der Waals surface area contributed by atoms with Crippen LogP contribution in [0.5, 0.6) is 0 Å². The van der Waals surface area contributed by atoms with Gasteiger partial charge in [0.15, 0.2) is 0 Å². The summed E-state index contributed by atoms with van der Waals surface area (Å²) in [6, 6.07) is 10.7. The summed E-state index contributed by atoms with van der Waals surface area (Å²) in [6.07, 6.45) is 1.69. The highest BCUT2D eigenvalue weighted by Gasteiger charge is 2.03. The number of hydrogen-bond donors (Lipinski definition) is 1. The molecule has 1 aromatic heterocycles. The average molecular weight is 308 g/mol. The maximum absolute atomic E-state index is 5.34. The van der Waals surface area contributed by atoms with Gasteiger partial charge in [-0.15, -0.1) is 0 Å². The molecule has 96 valence electrons. The third kappa shape index (κ3) is 3.47. The lowest BCUT2D eigenvalue weighted by molar-refractivity contribution is 0.480. The van der Waals surface area contributed by atoms with Crippen molar-refractivity contribution in [3.05, 3.63) is 58.0 Å². The first kappa shape index (κ1) is 13.4. The monoisotopic (exact) mass is 307 g/mol. The lowest BCUT2D eigenvalue weighted by atomic mass is 10.0. The molecule has 2 aromatic rings. The molecule has 3 heteroatoms. The Kier molecular flexibility index (Phi) is 4.61. The van der Waals surface area contributed by atoms with E-state index in [0.29, 0.717) is 5.92 Å². The summed E-state index contributed by atoms with van der Waals surface area (Å²) < 4.78 is 6.36. The molecular formula is C15H18BrNO. The topological polar surface area (TPSA) is 25.2 Å². The molecule has 0 bridgehead atoms. The van der Waals surface area contributed by atoms with Gasteiger partial charge in [0, 0.05) is 6.54 Å². The second kappa shape index (κ2) is 6.21. The summed E-state index contributed by atoms with van der Waals surface area (Å²) in [5.74, 6) is 1.53. The van der Waals surface area contributed by atoms with Crippen molar-refractivity contribution < 1.29 is 4.42 Å². The maximum Gasteiger partial charge on any atom is 0.131 e. The van der Waals surface area contributed by atoms with Crippen LogP contribution < -0.4 is 5.32 Å². The molecule has 2 nitrogen and oxygen atoms in total. The third-order valence-corrected chi connectivity index (χ3v) is 3.66. The van der Waals surface area contributed by atoms with Gasteiger partial charge in [-0.05, 0) is 39.0 Å². The second-order valence-electron chi connectivity index (χ2n) is 4.69. The van der Waals surface area contributed by atoms with Gasteiger partial charge in [-0.1, -0.05) is 38.1 Å². The largest absolute Gasteiger partial charge is 0.467 e. The van der Waals surface area contributed by atoms with Gasteiger partial charge in [0.2, 0.25) is 0 Å². The van der Waals surface area contributed by atoms with Crippen LogP contribution in [0.1, 0.15) is 36.7 Å². The van der Waals surface area contributed by atoms with E-state index in [0.717, 1.165) is 23.3 Å². The summed E-state index contributed by atoms with van der Waals surface area (Å²) in [5.41, 5.74) is 2.68. The number of hydrogen-bond acceptors (Lipinski definition) is 2. The molecule has 0 saturated carbocycles. The molecule has 1 aromatic carbocycles. The quantitative estimate of drug-likeness (QED) is 0.882. The van der Waals surface area contributed by atoms with E-state index >= 15 is 0 Å². The second-order valence-corrected chi connectivity index (χ2v) is 5.55. The van der Waals surface area contributed by atoms with Gasteiger partial charge in [0.1, 0.15) is 5.76 Å². The molecule has 0 atom stereocenters. The molecule has 0 amide bonds. The number of furan rings is 1. The summed E-state index contributed by atoms with van der Waals surface area (Å²) >= 11 is 3.44.